The van der Waals surface area contributed by atoms with Gasteiger partial charge in [0.25, 0.3) is 0 Å². The number of halogens is 2. The summed E-state index contributed by atoms with van der Waals surface area (Å²) in [6, 6.07) is 4.32. The van der Waals surface area contributed by atoms with E-state index >= 15 is 0 Å². The third-order valence-electron chi connectivity index (χ3n) is 5.15. The average Bonchev–Trinajstić information content (AvgIpc) is 2.91. The lowest BCUT2D eigenvalue weighted by Crippen LogP contribution is -2.38. The van der Waals surface area contributed by atoms with Crippen LogP contribution in [0.1, 0.15) is 31.2 Å². The van der Waals surface area contributed by atoms with Crippen molar-refractivity contribution in [3.63, 3.8) is 0 Å². The number of amides is 1. The van der Waals surface area contributed by atoms with Gasteiger partial charge in [0.05, 0.1) is 17.1 Å². The smallest absolute Gasteiger partial charge is 0.246 e. The van der Waals surface area contributed by atoms with Crippen molar-refractivity contribution in [2.45, 2.75) is 45.1 Å². The average molecular weight is 487 g/mol. The molecule has 1 amide bonds. The van der Waals surface area contributed by atoms with Gasteiger partial charge in [-0.15, -0.1) is 0 Å². The SMILES string of the molecule is Cc1nn(CC(=O)Nc2ccc(Br)cc2F)c(C)c1S(=O)(=O)N1CCC(C)CC1. The van der Waals surface area contributed by atoms with Crippen molar-refractivity contribution in [3.8, 4) is 0 Å². The van der Waals surface area contributed by atoms with Gasteiger partial charge in [0, 0.05) is 17.6 Å². The largest absolute Gasteiger partial charge is 0.322 e. The van der Waals surface area contributed by atoms with E-state index in [1.165, 1.54) is 21.1 Å². The number of nitrogens with zero attached hydrogens (tertiary/aromatic N) is 3. The molecule has 1 aromatic carbocycles. The van der Waals surface area contributed by atoms with E-state index in [-0.39, 0.29) is 17.1 Å². The van der Waals surface area contributed by atoms with Crippen molar-refractivity contribution < 1.29 is 17.6 Å². The van der Waals surface area contributed by atoms with Crippen LogP contribution < -0.4 is 5.32 Å². The molecule has 29 heavy (non-hydrogen) atoms. The third-order valence-corrected chi connectivity index (χ3v) is 7.80. The Morgan fingerprint density at radius 2 is 1.97 bits per heavy atom. The highest BCUT2D eigenvalue weighted by Gasteiger charge is 2.33. The number of piperidine rings is 1. The summed E-state index contributed by atoms with van der Waals surface area (Å²) in [4.78, 5) is 12.5. The van der Waals surface area contributed by atoms with Gasteiger partial charge in [-0.3, -0.25) is 9.48 Å². The van der Waals surface area contributed by atoms with E-state index in [1.807, 2.05) is 0 Å². The first kappa shape index (κ1) is 21.9. The predicted octanol–water partition coefficient (Wildman–Crippen LogP) is 3.46. The first-order chi connectivity index (χ1) is 13.6. The number of carbonyl (C=O) groups excluding carboxylic acids is 1. The monoisotopic (exact) mass is 486 g/mol. The molecule has 0 atom stereocenters. The minimum absolute atomic E-state index is 0.0509. The molecule has 0 unspecified atom stereocenters. The molecule has 1 aromatic heterocycles. The maximum atomic E-state index is 13.9. The Bertz CT molecular complexity index is 1030. The van der Waals surface area contributed by atoms with Crippen molar-refractivity contribution in [2.24, 2.45) is 5.92 Å². The van der Waals surface area contributed by atoms with Crippen LogP contribution in [0.3, 0.4) is 0 Å². The zero-order chi connectivity index (χ0) is 21.3. The van der Waals surface area contributed by atoms with Crippen LogP contribution in [0.4, 0.5) is 10.1 Å². The van der Waals surface area contributed by atoms with Crippen LogP contribution in [0, 0.1) is 25.6 Å². The molecule has 3 rings (SSSR count). The summed E-state index contributed by atoms with van der Waals surface area (Å²) in [5.74, 6) is -0.551. The van der Waals surface area contributed by atoms with Crippen LogP contribution in [0.25, 0.3) is 0 Å². The standard InChI is InChI=1S/C19H24BrFN4O3S/c1-12-6-8-24(9-7-12)29(27,28)19-13(2)23-25(14(19)3)11-18(26)22-17-5-4-15(20)10-16(17)21/h4-5,10,12H,6-9,11H2,1-3H3,(H,22,26). The summed E-state index contributed by atoms with van der Waals surface area (Å²) in [6.07, 6.45) is 1.65. The van der Waals surface area contributed by atoms with Gasteiger partial charge in [-0.2, -0.15) is 9.40 Å². The molecule has 10 heteroatoms. The van der Waals surface area contributed by atoms with E-state index in [4.69, 9.17) is 0 Å². The molecule has 0 saturated carbocycles. The molecule has 1 aliphatic heterocycles. The molecular formula is C19H24BrFN4O3S. The van der Waals surface area contributed by atoms with Gasteiger partial charge < -0.3 is 5.32 Å². The van der Waals surface area contributed by atoms with E-state index in [9.17, 15) is 17.6 Å². The molecule has 1 aliphatic rings. The molecule has 7 nitrogen and oxygen atoms in total. The Morgan fingerprint density at radius 1 is 1.31 bits per heavy atom. The Kier molecular flexibility index (Phi) is 6.45. The summed E-state index contributed by atoms with van der Waals surface area (Å²) < 4.78 is 43.6. The van der Waals surface area contributed by atoms with Crippen molar-refractivity contribution in [1.29, 1.82) is 0 Å². The first-order valence-electron chi connectivity index (χ1n) is 9.38. The molecule has 1 N–H and O–H groups in total. The van der Waals surface area contributed by atoms with E-state index in [0.29, 0.717) is 34.9 Å². The lowest BCUT2D eigenvalue weighted by Gasteiger charge is -2.29. The number of hydrogen-bond acceptors (Lipinski definition) is 4. The Morgan fingerprint density at radius 3 is 2.59 bits per heavy atom. The number of nitrogens with one attached hydrogen (secondary N) is 1. The van der Waals surface area contributed by atoms with Crippen LogP contribution in [-0.4, -0.2) is 41.5 Å². The number of carbonyl (C=O) groups is 1. The Labute approximate surface area is 178 Å². The summed E-state index contributed by atoms with van der Waals surface area (Å²) in [6.45, 7) is 6.12. The first-order valence-corrected chi connectivity index (χ1v) is 11.6. The fraction of sp³-hybridized carbons (Fsp3) is 0.474. The summed E-state index contributed by atoms with van der Waals surface area (Å²) in [5.41, 5.74) is 0.798. The van der Waals surface area contributed by atoms with Gasteiger partial charge in [-0.25, -0.2) is 12.8 Å². The summed E-state index contributed by atoms with van der Waals surface area (Å²) >= 11 is 3.16. The van der Waals surface area contributed by atoms with Crippen LogP contribution in [0.5, 0.6) is 0 Å². The van der Waals surface area contributed by atoms with Gasteiger partial charge in [0.1, 0.15) is 17.3 Å². The van der Waals surface area contributed by atoms with Crippen LogP contribution in [-0.2, 0) is 21.4 Å². The fourth-order valence-electron chi connectivity index (χ4n) is 3.48. The van der Waals surface area contributed by atoms with E-state index in [0.717, 1.165) is 12.8 Å². The maximum Gasteiger partial charge on any atom is 0.246 e. The molecular weight excluding hydrogens is 463 g/mol. The number of hydrogen-bond donors (Lipinski definition) is 1. The topological polar surface area (TPSA) is 84.3 Å². The number of anilines is 1. The van der Waals surface area contributed by atoms with Crippen molar-refractivity contribution in [3.05, 3.63) is 39.9 Å². The molecule has 0 spiro atoms. The highest BCUT2D eigenvalue weighted by molar-refractivity contribution is 9.10. The second kappa shape index (κ2) is 8.53. The molecule has 2 heterocycles. The van der Waals surface area contributed by atoms with Gasteiger partial charge in [0.2, 0.25) is 15.9 Å². The van der Waals surface area contributed by atoms with Crippen molar-refractivity contribution in [1.82, 2.24) is 14.1 Å². The van der Waals surface area contributed by atoms with Crippen LogP contribution in [0.15, 0.2) is 27.6 Å². The minimum Gasteiger partial charge on any atom is -0.322 e. The predicted molar refractivity (Wildman–Crippen MR) is 112 cm³/mol. The summed E-state index contributed by atoms with van der Waals surface area (Å²) in [7, 11) is -3.68. The highest BCUT2D eigenvalue weighted by atomic mass is 79.9. The van der Waals surface area contributed by atoms with Crippen LogP contribution in [0.2, 0.25) is 0 Å². The maximum absolute atomic E-state index is 13.9. The molecule has 0 aliphatic carbocycles. The number of sulfonamides is 1. The molecule has 158 valence electrons. The molecule has 0 radical (unpaired) electrons. The van der Waals surface area contributed by atoms with E-state index in [1.54, 1.807) is 19.9 Å². The van der Waals surface area contributed by atoms with E-state index in [2.05, 4.69) is 33.3 Å². The lowest BCUT2D eigenvalue weighted by molar-refractivity contribution is -0.117. The van der Waals surface area contributed by atoms with E-state index < -0.39 is 21.7 Å². The third kappa shape index (κ3) is 4.70. The highest BCUT2D eigenvalue weighted by Crippen LogP contribution is 2.27. The van der Waals surface area contributed by atoms with Crippen LogP contribution >= 0.6 is 15.9 Å². The molecule has 1 fully saturated rings. The normalized spacial score (nSPS) is 16.2. The molecule has 0 bridgehead atoms. The minimum atomic E-state index is -3.68. The fourth-order valence-corrected chi connectivity index (χ4v) is 5.65. The van der Waals surface area contributed by atoms with Crippen molar-refractivity contribution >= 4 is 37.5 Å². The Balaban J connectivity index is 1.79. The lowest BCUT2D eigenvalue weighted by atomic mass is 10.0. The van der Waals surface area contributed by atoms with Gasteiger partial charge in [-0.05, 0) is 50.8 Å². The van der Waals surface area contributed by atoms with Gasteiger partial charge in [-0.1, -0.05) is 22.9 Å². The van der Waals surface area contributed by atoms with Gasteiger partial charge in [0.15, 0.2) is 0 Å². The number of benzene rings is 1. The second-order valence-electron chi connectivity index (χ2n) is 7.42. The number of aryl methyl sites for hydroxylation is 1. The molecule has 1 saturated heterocycles. The number of rotatable bonds is 5. The second-order valence-corrected chi connectivity index (χ2v) is 10.2. The zero-order valence-corrected chi connectivity index (χ0v) is 19.0. The van der Waals surface area contributed by atoms with Gasteiger partial charge >= 0.3 is 0 Å². The Hall–Kier alpha value is -1.78. The summed E-state index contributed by atoms with van der Waals surface area (Å²) in [5, 5.41) is 6.75. The molecule has 2 aromatic rings. The number of aromatic nitrogens is 2. The quantitative estimate of drug-likeness (QED) is 0.700. The van der Waals surface area contributed by atoms with Crippen molar-refractivity contribution in [2.75, 3.05) is 18.4 Å². The zero-order valence-electron chi connectivity index (χ0n) is 16.6.